The molecule has 1 aliphatic rings. The van der Waals surface area contributed by atoms with Crippen LogP contribution in [0, 0.1) is 10.1 Å². The maximum Gasteiger partial charge on any atom is 0.289 e. The van der Waals surface area contributed by atoms with Crippen LogP contribution in [0.5, 0.6) is 0 Å². The molecule has 1 aromatic heterocycles. The number of amides is 1. The fraction of sp³-hybridized carbons (Fsp3) is 0.346. The van der Waals surface area contributed by atoms with Gasteiger partial charge in [-0.3, -0.25) is 19.8 Å². The van der Waals surface area contributed by atoms with Gasteiger partial charge in [-0.2, -0.15) is 4.31 Å². The van der Waals surface area contributed by atoms with Crippen molar-refractivity contribution in [1.82, 2.24) is 14.5 Å². The molecule has 1 aliphatic heterocycles. The molecule has 0 aliphatic carbocycles. The lowest BCUT2D eigenvalue weighted by Gasteiger charge is -2.37. The molecule has 4 rings (SSSR count). The Labute approximate surface area is 234 Å². The molecule has 0 saturated carbocycles. The number of hydrogen-bond donors (Lipinski definition) is 1. The van der Waals surface area contributed by atoms with Crippen molar-refractivity contribution in [3.05, 3.63) is 91.1 Å². The van der Waals surface area contributed by atoms with Crippen molar-refractivity contribution in [2.45, 2.75) is 36.7 Å². The zero-order chi connectivity index (χ0) is 27.1. The van der Waals surface area contributed by atoms with E-state index >= 15 is 0 Å². The standard InChI is InChI=1S/C26H29BrN4O5S2/c27-25-12-11-23(37-25)26(32)28-15-6-16-30(38(35,36)24-10-5-4-9-22(24)31(33)34)21-13-17-29(18-14-21)19-20-7-2-1-3-8-20/h1-5,7-12,21H,6,13-19H2,(H,28,32). The average Bonchev–Trinajstić information content (AvgIpc) is 3.36. The maximum atomic E-state index is 13.8. The van der Waals surface area contributed by atoms with Crippen LogP contribution < -0.4 is 5.32 Å². The Bertz CT molecular complexity index is 1360. The summed E-state index contributed by atoms with van der Waals surface area (Å²) < 4.78 is 29.9. The third-order valence-corrected chi connectivity index (χ3v) is 10.1. The molecule has 1 fully saturated rings. The molecule has 3 aromatic rings. The van der Waals surface area contributed by atoms with Crippen LogP contribution in [0.15, 0.2) is 75.4 Å². The van der Waals surface area contributed by atoms with Crippen molar-refractivity contribution >= 4 is 48.9 Å². The van der Waals surface area contributed by atoms with Gasteiger partial charge in [-0.15, -0.1) is 11.3 Å². The van der Waals surface area contributed by atoms with E-state index in [2.05, 4.69) is 38.3 Å². The summed E-state index contributed by atoms with van der Waals surface area (Å²) in [5.41, 5.74) is 0.763. The monoisotopic (exact) mass is 620 g/mol. The molecule has 12 heteroatoms. The number of nitro benzene ring substituents is 1. The summed E-state index contributed by atoms with van der Waals surface area (Å²) in [6.07, 6.45) is 1.60. The molecule has 1 N–H and O–H groups in total. The molecule has 1 saturated heterocycles. The number of rotatable bonds is 11. The minimum atomic E-state index is -4.15. The largest absolute Gasteiger partial charge is 0.351 e. The first-order valence-electron chi connectivity index (χ1n) is 12.3. The van der Waals surface area contributed by atoms with Crippen molar-refractivity contribution in [1.29, 1.82) is 0 Å². The number of carbonyl (C=O) groups is 1. The van der Waals surface area contributed by atoms with Gasteiger partial charge >= 0.3 is 0 Å². The number of nitro groups is 1. The highest BCUT2D eigenvalue weighted by Gasteiger charge is 2.37. The van der Waals surface area contributed by atoms with Crippen LogP contribution in [0.3, 0.4) is 0 Å². The number of nitrogens with zero attached hydrogens (tertiary/aromatic N) is 3. The number of nitrogens with one attached hydrogen (secondary N) is 1. The maximum absolute atomic E-state index is 13.8. The summed E-state index contributed by atoms with van der Waals surface area (Å²) >= 11 is 4.66. The average molecular weight is 622 g/mol. The third-order valence-electron chi connectivity index (χ3n) is 6.50. The van der Waals surface area contributed by atoms with Crippen molar-refractivity contribution in [2.75, 3.05) is 26.2 Å². The Morgan fingerprint density at radius 2 is 1.76 bits per heavy atom. The second kappa shape index (κ2) is 12.9. The second-order valence-corrected chi connectivity index (χ2v) is 13.4. The highest BCUT2D eigenvalue weighted by atomic mass is 79.9. The van der Waals surface area contributed by atoms with Gasteiger partial charge in [-0.25, -0.2) is 8.42 Å². The molecule has 0 bridgehead atoms. The van der Waals surface area contributed by atoms with Crippen LogP contribution in [-0.2, 0) is 16.6 Å². The van der Waals surface area contributed by atoms with Crippen molar-refractivity contribution in [3.63, 3.8) is 0 Å². The topological polar surface area (TPSA) is 113 Å². The van der Waals surface area contributed by atoms with E-state index in [1.807, 2.05) is 18.2 Å². The van der Waals surface area contributed by atoms with Crippen molar-refractivity contribution in [3.8, 4) is 0 Å². The quantitative estimate of drug-likeness (QED) is 0.185. The number of thiophene rings is 1. The number of likely N-dealkylation sites (tertiary alicyclic amines) is 1. The zero-order valence-corrected chi connectivity index (χ0v) is 23.9. The van der Waals surface area contributed by atoms with Crippen LogP contribution in [-0.4, -0.2) is 60.7 Å². The van der Waals surface area contributed by atoms with Gasteiger partial charge in [0, 0.05) is 44.8 Å². The molecular formula is C26H29BrN4O5S2. The number of halogens is 1. The highest BCUT2D eigenvalue weighted by Crippen LogP contribution is 2.30. The first kappa shape index (κ1) is 28.4. The van der Waals surface area contributed by atoms with E-state index in [4.69, 9.17) is 0 Å². The molecular weight excluding hydrogens is 592 g/mol. The van der Waals surface area contributed by atoms with E-state index in [9.17, 15) is 23.3 Å². The predicted octanol–water partition coefficient (Wildman–Crippen LogP) is 4.89. The molecule has 38 heavy (non-hydrogen) atoms. The van der Waals surface area contributed by atoms with E-state index in [1.54, 1.807) is 12.1 Å². The summed E-state index contributed by atoms with van der Waals surface area (Å²) in [5, 5.41) is 14.5. The van der Waals surface area contributed by atoms with E-state index in [0.717, 1.165) is 10.3 Å². The van der Waals surface area contributed by atoms with Crippen molar-refractivity contribution in [2.24, 2.45) is 0 Å². The summed E-state index contributed by atoms with van der Waals surface area (Å²) in [4.78, 5) is 25.9. The van der Waals surface area contributed by atoms with Gasteiger partial charge in [-0.1, -0.05) is 42.5 Å². The van der Waals surface area contributed by atoms with Gasteiger partial charge in [0.15, 0.2) is 4.90 Å². The summed E-state index contributed by atoms with van der Waals surface area (Å²) in [7, 11) is -4.15. The van der Waals surface area contributed by atoms with E-state index in [-0.39, 0.29) is 29.9 Å². The van der Waals surface area contributed by atoms with Gasteiger partial charge in [0.1, 0.15) is 0 Å². The third kappa shape index (κ3) is 7.06. The second-order valence-electron chi connectivity index (χ2n) is 9.05. The number of benzene rings is 2. The minimum Gasteiger partial charge on any atom is -0.351 e. The minimum absolute atomic E-state index is 0.145. The molecule has 2 aromatic carbocycles. The van der Waals surface area contributed by atoms with E-state index < -0.39 is 20.6 Å². The zero-order valence-electron chi connectivity index (χ0n) is 20.7. The molecule has 0 radical (unpaired) electrons. The van der Waals surface area contributed by atoms with Crippen LogP contribution in [0.4, 0.5) is 5.69 Å². The first-order valence-corrected chi connectivity index (χ1v) is 15.4. The summed E-state index contributed by atoms with van der Waals surface area (Å²) in [5.74, 6) is -0.219. The highest BCUT2D eigenvalue weighted by molar-refractivity contribution is 9.11. The van der Waals surface area contributed by atoms with Gasteiger partial charge in [-0.05, 0) is 59.0 Å². The Hall–Kier alpha value is -2.64. The summed E-state index contributed by atoms with van der Waals surface area (Å²) in [6, 6.07) is 18.8. The lowest BCUT2D eigenvalue weighted by Crippen LogP contribution is -2.48. The molecule has 1 amide bonds. The van der Waals surface area contributed by atoms with Gasteiger partial charge in [0.2, 0.25) is 10.0 Å². The van der Waals surface area contributed by atoms with Crippen LogP contribution in [0.25, 0.3) is 0 Å². The Balaban J connectivity index is 1.46. The van der Waals surface area contributed by atoms with E-state index in [1.165, 1.54) is 45.5 Å². The van der Waals surface area contributed by atoms with Gasteiger partial charge < -0.3 is 5.32 Å². The fourth-order valence-corrected chi connectivity index (χ4v) is 7.80. The first-order chi connectivity index (χ1) is 18.3. The lowest BCUT2D eigenvalue weighted by atomic mass is 10.0. The SMILES string of the molecule is O=C(NCCCN(C1CCN(Cc2ccccc2)CC1)S(=O)(=O)c1ccccc1[N+](=O)[O-])c1ccc(Br)s1. The number of carbonyl (C=O) groups excluding carboxylic acids is 1. The molecule has 202 valence electrons. The molecule has 0 unspecified atom stereocenters. The van der Waals surface area contributed by atoms with Crippen LogP contribution in [0.1, 0.15) is 34.5 Å². The summed E-state index contributed by atoms with van der Waals surface area (Å²) in [6.45, 7) is 2.64. The Morgan fingerprint density at radius 1 is 1.08 bits per heavy atom. The number of sulfonamides is 1. The smallest absolute Gasteiger partial charge is 0.289 e. The number of hydrogen-bond acceptors (Lipinski definition) is 7. The molecule has 9 nitrogen and oxygen atoms in total. The van der Waals surface area contributed by atoms with E-state index in [0.29, 0.717) is 37.2 Å². The normalized spacial score (nSPS) is 15.0. The molecule has 0 spiro atoms. The Kier molecular flexibility index (Phi) is 9.66. The van der Waals surface area contributed by atoms with Crippen LogP contribution in [0.2, 0.25) is 0 Å². The number of piperidine rings is 1. The number of para-hydroxylation sites is 1. The predicted molar refractivity (Wildman–Crippen MR) is 151 cm³/mol. The van der Waals surface area contributed by atoms with Gasteiger partial charge in [0.25, 0.3) is 11.6 Å². The lowest BCUT2D eigenvalue weighted by molar-refractivity contribution is -0.387. The van der Waals surface area contributed by atoms with Crippen molar-refractivity contribution < 1.29 is 18.1 Å². The molecule has 0 atom stereocenters. The Morgan fingerprint density at radius 3 is 2.42 bits per heavy atom. The van der Waals surface area contributed by atoms with Crippen LogP contribution >= 0.6 is 27.3 Å². The van der Waals surface area contributed by atoms with Gasteiger partial charge in [0.05, 0.1) is 13.6 Å². The fourth-order valence-electron chi connectivity index (χ4n) is 4.62. The molecule has 2 heterocycles.